The first-order valence-electron chi connectivity index (χ1n) is 6.37. The second-order valence-electron chi connectivity index (χ2n) is 5.12. The summed E-state index contributed by atoms with van der Waals surface area (Å²) >= 11 is 0. The third kappa shape index (κ3) is 4.35. The molecule has 0 radical (unpaired) electrons. The molecule has 1 aromatic rings. The van der Waals surface area contributed by atoms with E-state index in [1.807, 2.05) is 26.8 Å². The number of amides is 1. The van der Waals surface area contributed by atoms with Crippen molar-refractivity contribution in [3.05, 3.63) is 23.8 Å². The molecule has 0 aromatic heterocycles. The molecule has 0 aliphatic carbocycles. The van der Waals surface area contributed by atoms with Gasteiger partial charge in [-0.15, -0.1) is 0 Å². The van der Waals surface area contributed by atoms with Gasteiger partial charge in [0.25, 0.3) is 0 Å². The lowest BCUT2D eigenvalue weighted by atomic mass is 10.2. The number of nitrogens with two attached hydrogens (primary N) is 1. The second-order valence-corrected chi connectivity index (χ2v) is 6.86. The van der Waals surface area contributed by atoms with E-state index in [2.05, 4.69) is 5.32 Å². The number of benzene rings is 1. The SMILES string of the molecule is Cc1ccc(S(=O)C(C)C(=O)NCC(C)C)c(N)c1. The lowest BCUT2D eigenvalue weighted by molar-refractivity contribution is -0.120. The highest BCUT2D eigenvalue weighted by atomic mass is 32.2. The summed E-state index contributed by atoms with van der Waals surface area (Å²) in [5.74, 6) is 0.168. The van der Waals surface area contributed by atoms with E-state index < -0.39 is 16.0 Å². The van der Waals surface area contributed by atoms with Crippen molar-refractivity contribution in [1.29, 1.82) is 0 Å². The molecule has 1 rings (SSSR count). The summed E-state index contributed by atoms with van der Waals surface area (Å²) in [6.45, 7) is 8.19. The highest BCUT2D eigenvalue weighted by Crippen LogP contribution is 2.20. The van der Waals surface area contributed by atoms with Crippen molar-refractivity contribution >= 4 is 22.4 Å². The average Bonchev–Trinajstić information content (AvgIpc) is 2.34. The van der Waals surface area contributed by atoms with Crippen LogP contribution in [0.15, 0.2) is 23.1 Å². The maximum atomic E-state index is 12.3. The Morgan fingerprint density at radius 2 is 2.00 bits per heavy atom. The van der Waals surface area contributed by atoms with E-state index in [0.29, 0.717) is 23.0 Å². The molecule has 106 valence electrons. The predicted molar refractivity (Wildman–Crippen MR) is 79.3 cm³/mol. The van der Waals surface area contributed by atoms with Crippen molar-refractivity contribution in [1.82, 2.24) is 5.32 Å². The van der Waals surface area contributed by atoms with Gasteiger partial charge in [0, 0.05) is 12.2 Å². The quantitative estimate of drug-likeness (QED) is 0.810. The van der Waals surface area contributed by atoms with E-state index in [-0.39, 0.29) is 5.91 Å². The van der Waals surface area contributed by atoms with Gasteiger partial charge < -0.3 is 11.1 Å². The van der Waals surface area contributed by atoms with Crippen molar-refractivity contribution in [3.63, 3.8) is 0 Å². The van der Waals surface area contributed by atoms with Gasteiger partial charge in [0.05, 0.1) is 15.7 Å². The van der Waals surface area contributed by atoms with Crippen molar-refractivity contribution < 1.29 is 9.00 Å². The number of aryl methyl sites for hydroxylation is 1. The maximum absolute atomic E-state index is 12.3. The van der Waals surface area contributed by atoms with Gasteiger partial charge >= 0.3 is 0 Å². The fourth-order valence-corrected chi connectivity index (χ4v) is 2.74. The van der Waals surface area contributed by atoms with E-state index in [1.54, 1.807) is 19.1 Å². The third-order valence-corrected chi connectivity index (χ3v) is 4.42. The van der Waals surface area contributed by atoms with E-state index in [9.17, 15) is 9.00 Å². The molecule has 19 heavy (non-hydrogen) atoms. The van der Waals surface area contributed by atoms with Crippen LogP contribution in [0, 0.1) is 12.8 Å². The summed E-state index contributed by atoms with van der Waals surface area (Å²) in [6, 6.07) is 5.35. The minimum Gasteiger partial charge on any atom is -0.398 e. The van der Waals surface area contributed by atoms with Crippen LogP contribution in [0.5, 0.6) is 0 Å². The molecule has 0 fully saturated rings. The molecule has 0 bridgehead atoms. The molecule has 0 aliphatic rings. The highest BCUT2D eigenvalue weighted by Gasteiger charge is 2.22. The van der Waals surface area contributed by atoms with Crippen LogP contribution in [0.3, 0.4) is 0 Å². The first-order valence-corrected chi connectivity index (χ1v) is 7.58. The molecule has 0 saturated heterocycles. The Balaban J connectivity index is 2.79. The Morgan fingerprint density at radius 1 is 1.37 bits per heavy atom. The standard InChI is InChI=1S/C14H22N2O2S/c1-9(2)8-16-14(17)11(4)19(18)13-6-5-10(3)7-12(13)15/h5-7,9,11H,8,15H2,1-4H3,(H,16,17). The topological polar surface area (TPSA) is 72.2 Å². The smallest absolute Gasteiger partial charge is 0.235 e. The van der Waals surface area contributed by atoms with Gasteiger partial charge in [-0.25, -0.2) is 0 Å². The van der Waals surface area contributed by atoms with Crippen LogP contribution in [-0.2, 0) is 15.6 Å². The third-order valence-electron chi connectivity index (χ3n) is 2.76. The van der Waals surface area contributed by atoms with Gasteiger partial charge in [0.15, 0.2) is 0 Å². The number of carbonyl (C=O) groups excluding carboxylic acids is 1. The summed E-state index contributed by atoms with van der Waals surface area (Å²) in [6.07, 6.45) is 0. The minimum absolute atomic E-state index is 0.202. The van der Waals surface area contributed by atoms with Crippen LogP contribution in [0.2, 0.25) is 0 Å². The first-order chi connectivity index (χ1) is 8.82. The Kier molecular flexibility index (Phi) is 5.54. The number of hydrogen-bond acceptors (Lipinski definition) is 3. The summed E-state index contributed by atoms with van der Waals surface area (Å²) in [5.41, 5.74) is 7.34. The van der Waals surface area contributed by atoms with Gasteiger partial charge in [0.2, 0.25) is 5.91 Å². The van der Waals surface area contributed by atoms with E-state index in [4.69, 9.17) is 5.73 Å². The van der Waals surface area contributed by atoms with Crippen LogP contribution in [-0.4, -0.2) is 21.9 Å². The molecule has 0 heterocycles. The Morgan fingerprint density at radius 3 is 2.53 bits per heavy atom. The van der Waals surface area contributed by atoms with Crippen molar-refractivity contribution in [2.75, 3.05) is 12.3 Å². The number of hydrogen-bond donors (Lipinski definition) is 2. The fourth-order valence-electron chi connectivity index (χ4n) is 1.59. The number of anilines is 1. The lowest BCUT2D eigenvalue weighted by Crippen LogP contribution is -2.37. The summed E-state index contributed by atoms with van der Waals surface area (Å²) < 4.78 is 12.3. The monoisotopic (exact) mass is 282 g/mol. The zero-order chi connectivity index (χ0) is 14.6. The molecule has 0 aliphatic heterocycles. The molecule has 4 nitrogen and oxygen atoms in total. The molecule has 0 saturated carbocycles. The van der Waals surface area contributed by atoms with Crippen LogP contribution in [0.25, 0.3) is 0 Å². The average molecular weight is 282 g/mol. The highest BCUT2D eigenvalue weighted by molar-refractivity contribution is 7.86. The summed E-state index contributed by atoms with van der Waals surface area (Å²) in [7, 11) is -1.43. The van der Waals surface area contributed by atoms with Crippen LogP contribution >= 0.6 is 0 Å². The van der Waals surface area contributed by atoms with Gasteiger partial charge in [-0.1, -0.05) is 19.9 Å². The zero-order valence-corrected chi connectivity index (χ0v) is 12.7. The second kappa shape index (κ2) is 6.70. The van der Waals surface area contributed by atoms with Crippen molar-refractivity contribution in [2.45, 2.75) is 37.8 Å². The molecule has 1 aromatic carbocycles. The van der Waals surface area contributed by atoms with Gasteiger partial charge in [-0.2, -0.15) is 0 Å². The summed E-state index contributed by atoms with van der Waals surface area (Å²) in [5, 5.41) is 2.18. The molecule has 3 N–H and O–H groups in total. The number of nitrogens with one attached hydrogen (secondary N) is 1. The van der Waals surface area contributed by atoms with Crippen LogP contribution in [0.1, 0.15) is 26.3 Å². The fraction of sp³-hybridized carbons (Fsp3) is 0.500. The predicted octanol–water partition coefficient (Wildman–Crippen LogP) is 1.85. The molecule has 1 amide bonds. The number of nitrogen functional groups attached to an aromatic ring is 1. The van der Waals surface area contributed by atoms with Crippen molar-refractivity contribution in [2.24, 2.45) is 5.92 Å². The number of rotatable bonds is 5. The molecule has 5 heteroatoms. The lowest BCUT2D eigenvalue weighted by Gasteiger charge is -2.14. The Hall–Kier alpha value is -1.36. The van der Waals surface area contributed by atoms with Crippen molar-refractivity contribution in [3.8, 4) is 0 Å². The van der Waals surface area contributed by atoms with Crippen LogP contribution < -0.4 is 11.1 Å². The molecular formula is C14H22N2O2S. The zero-order valence-electron chi connectivity index (χ0n) is 11.9. The largest absolute Gasteiger partial charge is 0.398 e. The first kappa shape index (κ1) is 15.7. The molecular weight excluding hydrogens is 260 g/mol. The van der Waals surface area contributed by atoms with E-state index in [0.717, 1.165) is 5.56 Å². The molecule has 2 atom stereocenters. The normalized spacial score (nSPS) is 14.2. The van der Waals surface area contributed by atoms with Gasteiger partial charge in [-0.3, -0.25) is 9.00 Å². The summed E-state index contributed by atoms with van der Waals surface area (Å²) in [4.78, 5) is 12.4. The van der Waals surface area contributed by atoms with Gasteiger partial charge in [0.1, 0.15) is 5.25 Å². The molecule has 2 unspecified atom stereocenters. The molecule has 0 spiro atoms. The Bertz CT molecular complexity index is 486. The Labute approximate surface area is 117 Å². The van der Waals surface area contributed by atoms with E-state index in [1.165, 1.54) is 0 Å². The maximum Gasteiger partial charge on any atom is 0.235 e. The minimum atomic E-state index is -1.43. The van der Waals surface area contributed by atoms with E-state index >= 15 is 0 Å². The van der Waals surface area contributed by atoms with Crippen LogP contribution in [0.4, 0.5) is 5.69 Å². The number of carbonyl (C=O) groups is 1. The van der Waals surface area contributed by atoms with Gasteiger partial charge in [-0.05, 0) is 37.5 Å².